The van der Waals surface area contributed by atoms with E-state index in [4.69, 9.17) is 4.89 Å². The maximum atomic E-state index is 11.8. The molecule has 2 rings (SSSR count). The standard InChI is InChI=1S/C15H15N3O4/c1-11(18-14(19)13-16-8-5-9-17-13)15(20)22-21-10-12-6-3-2-4-7-12/h2-9,11H,10H2,1H3,(H,18,19). The zero-order chi connectivity index (χ0) is 15.8. The van der Waals surface area contributed by atoms with E-state index in [0.29, 0.717) is 0 Å². The Morgan fingerprint density at radius 3 is 2.50 bits per heavy atom. The molecule has 7 heteroatoms. The molecule has 0 aliphatic heterocycles. The monoisotopic (exact) mass is 301 g/mol. The van der Waals surface area contributed by atoms with Gasteiger partial charge in [-0.25, -0.2) is 14.8 Å². The average molecular weight is 301 g/mol. The number of nitrogens with zero attached hydrogens (tertiary/aromatic N) is 2. The molecule has 22 heavy (non-hydrogen) atoms. The summed E-state index contributed by atoms with van der Waals surface area (Å²) in [5, 5.41) is 2.43. The lowest BCUT2D eigenvalue weighted by atomic mass is 10.2. The summed E-state index contributed by atoms with van der Waals surface area (Å²) in [5.74, 6) is -1.29. The molecule has 1 heterocycles. The number of aromatic nitrogens is 2. The van der Waals surface area contributed by atoms with Gasteiger partial charge in [0, 0.05) is 12.4 Å². The molecule has 1 aromatic carbocycles. The molecule has 0 aliphatic rings. The maximum Gasteiger partial charge on any atom is 0.364 e. The van der Waals surface area contributed by atoms with E-state index in [2.05, 4.69) is 20.2 Å². The fraction of sp³-hybridized carbons (Fsp3) is 0.200. The first-order valence-electron chi connectivity index (χ1n) is 6.62. The van der Waals surface area contributed by atoms with E-state index in [-0.39, 0.29) is 12.4 Å². The van der Waals surface area contributed by atoms with Crippen molar-refractivity contribution in [3.8, 4) is 0 Å². The molecule has 1 unspecified atom stereocenters. The van der Waals surface area contributed by atoms with Crippen molar-refractivity contribution in [2.45, 2.75) is 19.6 Å². The Hall–Kier alpha value is -2.80. The first-order chi connectivity index (χ1) is 10.7. The Morgan fingerprint density at radius 1 is 1.14 bits per heavy atom. The van der Waals surface area contributed by atoms with Gasteiger partial charge in [-0.1, -0.05) is 30.3 Å². The molecule has 0 aliphatic carbocycles. The Morgan fingerprint density at radius 2 is 1.82 bits per heavy atom. The van der Waals surface area contributed by atoms with Crippen molar-refractivity contribution in [1.82, 2.24) is 15.3 Å². The second-order valence-electron chi connectivity index (χ2n) is 4.42. The van der Waals surface area contributed by atoms with Crippen molar-refractivity contribution >= 4 is 11.9 Å². The number of hydrogen-bond donors (Lipinski definition) is 1. The minimum absolute atomic E-state index is 0.0210. The lowest BCUT2D eigenvalue weighted by molar-refractivity contribution is -0.281. The topological polar surface area (TPSA) is 90.4 Å². The molecule has 0 spiro atoms. The Labute approximate surface area is 127 Å². The summed E-state index contributed by atoms with van der Waals surface area (Å²) in [5.41, 5.74) is 0.865. The van der Waals surface area contributed by atoms with Crippen LogP contribution < -0.4 is 5.32 Å². The van der Waals surface area contributed by atoms with Crippen molar-refractivity contribution in [1.29, 1.82) is 0 Å². The first-order valence-corrected chi connectivity index (χ1v) is 6.62. The largest absolute Gasteiger partial charge is 0.364 e. The molecular formula is C15H15N3O4. The summed E-state index contributed by atoms with van der Waals surface area (Å²) < 4.78 is 0. The fourth-order valence-corrected chi connectivity index (χ4v) is 1.54. The van der Waals surface area contributed by atoms with Crippen molar-refractivity contribution in [3.05, 3.63) is 60.2 Å². The van der Waals surface area contributed by atoms with Gasteiger partial charge in [0.15, 0.2) is 0 Å². The van der Waals surface area contributed by atoms with Crippen molar-refractivity contribution in [2.24, 2.45) is 0 Å². The predicted molar refractivity (Wildman–Crippen MR) is 76.3 cm³/mol. The molecule has 0 radical (unpaired) electrons. The molecule has 1 atom stereocenters. The molecule has 1 amide bonds. The molecule has 1 N–H and O–H groups in total. The highest BCUT2D eigenvalue weighted by molar-refractivity contribution is 5.93. The molecule has 0 saturated heterocycles. The highest BCUT2D eigenvalue weighted by Gasteiger charge is 2.20. The van der Waals surface area contributed by atoms with Gasteiger partial charge in [0.2, 0.25) is 5.82 Å². The summed E-state index contributed by atoms with van der Waals surface area (Å²) in [6, 6.07) is 9.96. The summed E-state index contributed by atoms with van der Waals surface area (Å²) in [6.45, 7) is 1.62. The van der Waals surface area contributed by atoms with Crippen LogP contribution in [0.25, 0.3) is 0 Å². The smallest absolute Gasteiger partial charge is 0.336 e. The predicted octanol–water partition coefficient (Wildman–Crippen LogP) is 1.27. The number of rotatable bonds is 6. The van der Waals surface area contributed by atoms with Gasteiger partial charge in [-0.3, -0.25) is 9.68 Å². The molecule has 0 fully saturated rings. The molecule has 114 valence electrons. The number of benzene rings is 1. The number of carbonyl (C=O) groups is 2. The lowest BCUT2D eigenvalue weighted by Crippen LogP contribution is -2.40. The fourth-order valence-electron chi connectivity index (χ4n) is 1.54. The van der Waals surface area contributed by atoms with Gasteiger partial charge in [-0.2, -0.15) is 4.89 Å². The Balaban J connectivity index is 1.76. The molecule has 7 nitrogen and oxygen atoms in total. The average Bonchev–Trinajstić information content (AvgIpc) is 2.56. The highest BCUT2D eigenvalue weighted by Crippen LogP contribution is 2.01. The summed E-state index contributed by atoms with van der Waals surface area (Å²) in [7, 11) is 0. The van der Waals surface area contributed by atoms with E-state index >= 15 is 0 Å². The third-order valence-electron chi connectivity index (χ3n) is 2.68. The molecule has 1 aromatic heterocycles. The highest BCUT2D eigenvalue weighted by atomic mass is 17.2. The Kier molecular flexibility index (Phi) is 5.56. The number of hydrogen-bond acceptors (Lipinski definition) is 6. The van der Waals surface area contributed by atoms with Gasteiger partial charge in [0.05, 0.1) is 0 Å². The van der Waals surface area contributed by atoms with E-state index < -0.39 is 17.9 Å². The van der Waals surface area contributed by atoms with Crippen molar-refractivity contribution in [3.63, 3.8) is 0 Å². The maximum absolute atomic E-state index is 11.8. The van der Waals surface area contributed by atoms with Gasteiger partial charge in [0.25, 0.3) is 5.91 Å². The van der Waals surface area contributed by atoms with Crippen molar-refractivity contribution in [2.75, 3.05) is 0 Å². The number of carbonyl (C=O) groups excluding carboxylic acids is 2. The SMILES string of the molecule is CC(NC(=O)c1ncccn1)C(=O)OOCc1ccccc1. The minimum atomic E-state index is -0.882. The van der Waals surface area contributed by atoms with Crippen LogP contribution in [0.5, 0.6) is 0 Å². The second kappa shape index (κ2) is 7.84. The van der Waals surface area contributed by atoms with Crippen LogP contribution >= 0.6 is 0 Å². The van der Waals surface area contributed by atoms with Gasteiger partial charge in [-0.15, -0.1) is 0 Å². The van der Waals surface area contributed by atoms with E-state index in [0.717, 1.165) is 5.56 Å². The van der Waals surface area contributed by atoms with Gasteiger partial charge in [0.1, 0.15) is 12.6 Å². The zero-order valence-corrected chi connectivity index (χ0v) is 11.9. The summed E-state index contributed by atoms with van der Waals surface area (Å²) in [6.07, 6.45) is 2.88. The van der Waals surface area contributed by atoms with Crippen LogP contribution in [0.1, 0.15) is 23.1 Å². The minimum Gasteiger partial charge on any atom is -0.336 e. The third-order valence-corrected chi connectivity index (χ3v) is 2.68. The molecule has 2 aromatic rings. The van der Waals surface area contributed by atoms with Crippen LogP contribution in [0.2, 0.25) is 0 Å². The van der Waals surface area contributed by atoms with E-state index in [1.54, 1.807) is 6.07 Å². The summed E-state index contributed by atoms with van der Waals surface area (Å²) in [4.78, 5) is 40.5. The number of nitrogens with one attached hydrogen (secondary N) is 1. The quantitative estimate of drug-likeness (QED) is 0.638. The second-order valence-corrected chi connectivity index (χ2v) is 4.42. The van der Waals surface area contributed by atoms with E-state index in [9.17, 15) is 9.59 Å². The van der Waals surface area contributed by atoms with Gasteiger partial charge >= 0.3 is 5.97 Å². The van der Waals surface area contributed by atoms with Crippen LogP contribution in [-0.2, 0) is 21.2 Å². The van der Waals surface area contributed by atoms with Gasteiger partial charge < -0.3 is 5.32 Å². The molecule has 0 saturated carbocycles. The lowest BCUT2D eigenvalue weighted by Gasteiger charge is -2.11. The third kappa shape index (κ3) is 4.64. The normalized spacial score (nSPS) is 11.5. The van der Waals surface area contributed by atoms with Crippen LogP contribution in [0.15, 0.2) is 48.8 Å². The van der Waals surface area contributed by atoms with Crippen LogP contribution in [-0.4, -0.2) is 27.9 Å². The van der Waals surface area contributed by atoms with Crippen LogP contribution in [0.3, 0.4) is 0 Å². The van der Waals surface area contributed by atoms with Gasteiger partial charge in [-0.05, 0) is 18.6 Å². The van der Waals surface area contributed by atoms with E-state index in [1.165, 1.54) is 19.3 Å². The first kappa shape index (κ1) is 15.6. The zero-order valence-electron chi connectivity index (χ0n) is 11.9. The van der Waals surface area contributed by atoms with E-state index in [1.807, 2.05) is 30.3 Å². The molecule has 0 bridgehead atoms. The van der Waals surface area contributed by atoms with Crippen molar-refractivity contribution < 1.29 is 19.4 Å². The molecular weight excluding hydrogens is 286 g/mol. The number of amides is 1. The van der Waals surface area contributed by atoms with Crippen LogP contribution in [0, 0.1) is 0 Å². The van der Waals surface area contributed by atoms with Crippen LogP contribution in [0.4, 0.5) is 0 Å². The summed E-state index contributed by atoms with van der Waals surface area (Å²) >= 11 is 0. The Bertz CT molecular complexity index is 619.